The first-order valence-corrected chi connectivity index (χ1v) is 11.1. The van der Waals surface area contributed by atoms with Crippen LogP contribution in [0.25, 0.3) is 0 Å². The van der Waals surface area contributed by atoms with Gasteiger partial charge in [-0.05, 0) is 20.3 Å². The van der Waals surface area contributed by atoms with Crippen LogP contribution in [-0.2, 0) is 35.9 Å². The Hall–Kier alpha value is -2.62. The van der Waals surface area contributed by atoms with Gasteiger partial charge in [-0.3, -0.25) is 0 Å². The van der Waals surface area contributed by atoms with Crippen molar-refractivity contribution in [1.82, 2.24) is 14.9 Å². The second-order valence-electron chi connectivity index (χ2n) is 6.91. The number of unbranched alkanes of at least 4 members (excludes halogenated alkanes) is 1. The molecule has 1 atom stereocenters. The topological polar surface area (TPSA) is 117 Å². The van der Waals surface area contributed by atoms with E-state index >= 15 is 0 Å². The van der Waals surface area contributed by atoms with Crippen LogP contribution < -0.4 is 5.32 Å². The SMILES string of the molecule is CCCCOC(=O)C1=C(C)NC(C)=C(C(=O)OC)C1c1cnc(S(C)(=O)=O)n1C. The molecule has 0 aromatic carbocycles. The lowest BCUT2D eigenvalue weighted by atomic mass is 9.83. The zero-order valence-corrected chi connectivity index (χ0v) is 18.3. The molecular weight excluding hydrogens is 398 g/mol. The van der Waals surface area contributed by atoms with Crippen molar-refractivity contribution in [3.05, 3.63) is 34.4 Å². The normalized spacial score (nSPS) is 17.2. The van der Waals surface area contributed by atoms with Gasteiger partial charge in [-0.25, -0.2) is 23.0 Å². The van der Waals surface area contributed by atoms with Gasteiger partial charge in [0.1, 0.15) is 0 Å². The van der Waals surface area contributed by atoms with Crippen LogP contribution in [0.1, 0.15) is 45.2 Å². The van der Waals surface area contributed by atoms with E-state index in [4.69, 9.17) is 9.47 Å². The number of carbonyl (C=O) groups excluding carboxylic acids is 2. The Bertz CT molecular complexity index is 988. The molecule has 0 aliphatic carbocycles. The zero-order valence-electron chi connectivity index (χ0n) is 17.5. The van der Waals surface area contributed by atoms with E-state index in [0.717, 1.165) is 12.7 Å². The number of nitrogens with zero attached hydrogens (tertiary/aromatic N) is 2. The van der Waals surface area contributed by atoms with Crippen molar-refractivity contribution >= 4 is 21.8 Å². The van der Waals surface area contributed by atoms with Gasteiger partial charge in [0.05, 0.1) is 42.7 Å². The number of ether oxygens (including phenoxy) is 2. The van der Waals surface area contributed by atoms with E-state index in [1.54, 1.807) is 13.8 Å². The fourth-order valence-electron chi connectivity index (χ4n) is 3.35. The Morgan fingerprint density at radius 2 is 1.79 bits per heavy atom. The van der Waals surface area contributed by atoms with Gasteiger partial charge >= 0.3 is 11.9 Å². The quantitative estimate of drug-likeness (QED) is 0.517. The Balaban J connectivity index is 2.67. The molecule has 29 heavy (non-hydrogen) atoms. The maximum absolute atomic E-state index is 12.9. The minimum absolute atomic E-state index is 0.163. The summed E-state index contributed by atoms with van der Waals surface area (Å²) >= 11 is 0. The number of carbonyl (C=O) groups is 2. The third-order valence-electron chi connectivity index (χ3n) is 4.73. The van der Waals surface area contributed by atoms with E-state index in [1.807, 2.05) is 6.92 Å². The average Bonchev–Trinajstić information content (AvgIpc) is 3.02. The number of nitrogens with one attached hydrogen (secondary N) is 1. The number of hydrogen-bond acceptors (Lipinski definition) is 8. The Morgan fingerprint density at radius 1 is 1.21 bits per heavy atom. The van der Waals surface area contributed by atoms with E-state index in [1.165, 1.54) is 24.9 Å². The molecule has 160 valence electrons. The predicted octanol–water partition coefficient (Wildman–Crippen LogP) is 1.57. The monoisotopic (exact) mass is 425 g/mol. The summed E-state index contributed by atoms with van der Waals surface area (Å²) in [5.41, 5.74) is 1.81. The van der Waals surface area contributed by atoms with Crippen LogP contribution in [0, 0.1) is 0 Å². The lowest BCUT2D eigenvalue weighted by Crippen LogP contribution is -2.33. The second-order valence-corrected chi connectivity index (χ2v) is 8.82. The smallest absolute Gasteiger partial charge is 0.336 e. The van der Waals surface area contributed by atoms with Gasteiger partial charge in [0, 0.05) is 24.7 Å². The molecule has 1 aliphatic heterocycles. The summed E-state index contributed by atoms with van der Waals surface area (Å²) in [5, 5.41) is 2.87. The summed E-state index contributed by atoms with van der Waals surface area (Å²) < 4.78 is 35.8. The van der Waals surface area contributed by atoms with Crippen molar-refractivity contribution in [3.8, 4) is 0 Å². The standard InChI is InChI=1S/C19H27N3O6S/c1-7-8-9-28-18(24)15-12(3)21-11(2)14(17(23)27-5)16(15)13-10-20-19(22(13)4)29(6,25)26/h10,16,21H,7-9H2,1-6H3. The zero-order chi connectivity index (χ0) is 21.9. The van der Waals surface area contributed by atoms with Crippen molar-refractivity contribution in [1.29, 1.82) is 0 Å². The molecule has 0 fully saturated rings. The lowest BCUT2D eigenvalue weighted by molar-refractivity contribution is -0.139. The molecule has 0 bridgehead atoms. The maximum atomic E-state index is 12.9. The highest BCUT2D eigenvalue weighted by Gasteiger charge is 2.40. The minimum Gasteiger partial charge on any atom is -0.466 e. The van der Waals surface area contributed by atoms with E-state index in [0.29, 0.717) is 23.5 Å². The number of esters is 2. The van der Waals surface area contributed by atoms with Gasteiger partial charge < -0.3 is 19.4 Å². The number of hydrogen-bond donors (Lipinski definition) is 1. The summed E-state index contributed by atoms with van der Waals surface area (Å²) in [6.45, 7) is 5.62. The summed E-state index contributed by atoms with van der Waals surface area (Å²) in [5.74, 6) is -2.09. The fourth-order valence-corrected chi connectivity index (χ4v) is 4.19. The predicted molar refractivity (Wildman–Crippen MR) is 105 cm³/mol. The van der Waals surface area contributed by atoms with Gasteiger partial charge in [0.25, 0.3) is 0 Å². The molecule has 0 radical (unpaired) electrons. The highest BCUT2D eigenvalue weighted by atomic mass is 32.2. The van der Waals surface area contributed by atoms with E-state index < -0.39 is 27.7 Å². The number of rotatable bonds is 7. The molecule has 1 aromatic rings. The molecule has 0 saturated heterocycles. The Morgan fingerprint density at radius 3 is 2.28 bits per heavy atom. The van der Waals surface area contributed by atoms with E-state index in [9.17, 15) is 18.0 Å². The number of methoxy groups -OCH3 is 1. The molecule has 0 saturated carbocycles. The van der Waals surface area contributed by atoms with Crippen LogP contribution in [0.3, 0.4) is 0 Å². The Kier molecular flexibility index (Phi) is 6.89. The van der Waals surface area contributed by atoms with E-state index in [-0.39, 0.29) is 22.9 Å². The highest BCUT2D eigenvalue weighted by Crippen LogP contribution is 2.39. The minimum atomic E-state index is -3.61. The fraction of sp³-hybridized carbons (Fsp3) is 0.526. The molecular formula is C19H27N3O6S. The summed E-state index contributed by atoms with van der Waals surface area (Å²) in [6, 6.07) is 0. The van der Waals surface area contributed by atoms with Crippen LogP contribution in [0.2, 0.25) is 0 Å². The van der Waals surface area contributed by atoms with Crippen LogP contribution in [0.4, 0.5) is 0 Å². The van der Waals surface area contributed by atoms with Crippen LogP contribution in [0.5, 0.6) is 0 Å². The summed E-state index contributed by atoms with van der Waals surface area (Å²) in [6.07, 6.45) is 3.97. The third kappa shape index (κ3) is 4.52. The second kappa shape index (κ2) is 8.81. The molecule has 1 aromatic heterocycles. The van der Waals surface area contributed by atoms with Crippen molar-refractivity contribution in [2.45, 2.75) is 44.7 Å². The Labute approximate surface area is 170 Å². The third-order valence-corrected chi connectivity index (χ3v) is 5.77. The molecule has 1 aliphatic rings. The highest BCUT2D eigenvalue weighted by molar-refractivity contribution is 7.90. The first-order valence-electron chi connectivity index (χ1n) is 9.20. The molecule has 9 nitrogen and oxygen atoms in total. The van der Waals surface area contributed by atoms with Gasteiger partial charge in [-0.2, -0.15) is 0 Å². The molecule has 2 heterocycles. The van der Waals surface area contributed by atoms with Gasteiger partial charge in [0.15, 0.2) is 0 Å². The summed E-state index contributed by atoms with van der Waals surface area (Å²) in [4.78, 5) is 29.5. The van der Waals surface area contributed by atoms with Crippen LogP contribution in [0.15, 0.2) is 33.9 Å². The number of allylic oxidation sites excluding steroid dienone is 2. The molecule has 1 unspecified atom stereocenters. The molecule has 2 rings (SSSR count). The number of aromatic nitrogens is 2. The van der Waals surface area contributed by atoms with Gasteiger partial charge in [0.2, 0.25) is 15.0 Å². The van der Waals surface area contributed by atoms with Crippen molar-refractivity contribution < 1.29 is 27.5 Å². The number of sulfone groups is 1. The van der Waals surface area contributed by atoms with Crippen molar-refractivity contribution in [2.75, 3.05) is 20.0 Å². The van der Waals surface area contributed by atoms with Crippen molar-refractivity contribution in [3.63, 3.8) is 0 Å². The molecule has 10 heteroatoms. The van der Waals surface area contributed by atoms with Gasteiger partial charge in [-0.15, -0.1) is 0 Å². The number of imidazole rings is 1. The van der Waals surface area contributed by atoms with Crippen LogP contribution >= 0.6 is 0 Å². The summed E-state index contributed by atoms with van der Waals surface area (Å²) in [7, 11) is -0.832. The number of dihydropyridines is 1. The van der Waals surface area contributed by atoms with Crippen LogP contribution in [-0.4, -0.2) is 49.9 Å². The first kappa shape index (κ1) is 22.7. The molecule has 1 N–H and O–H groups in total. The van der Waals surface area contributed by atoms with Gasteiger partial charge in [-0.1, -0.05) is 13.3 Å². The molecule has 0 spiro atoms. The maximum Gasteiger partial charge on any atom is 0.336 e. The lowest BCUT2D eigenvalue weighted by Gasteiger charge is -2.30. The average molecular weight is 426 g/mol. The largest absolute Gasteiger partial charge is 0.466 e. The van der Waals surface area contributed by atoms with Crippen molar-refractivity contribution in [2.24, 2.45) is 7.05 Å². The molecule has 0 amide bonds. The first-order chi connectivity index (χ1) is 13.5. The van der Waals surface area contributed by atoms with E-state index in [2.05, 4.69) is 10.3 Å².